The zero-order valence-electron chi connectivity index (χ0n) is 10.7. The van der Waals surface area contributed by atoms with Crippen molar-refractivity contribution in [3.05, 3.63) is 0 Å². The number of hydrogen-bond donors (Lipinski definition) is 2. The van der Waals surface area contributed by atoms with E-state index in [9.17, 15) is 14.4 Å². The van der Waals surface area contributed by atoms with Crippen LogP contribution in [0.5, 0.6) is 0 Å². The van der Waals surface area contributed by atoms with Gasteiger partial charge in [-0.1, -0.05) is 0 Å². The van der Waals surface area contributed by atoms with Gasteiger partial charge in [0.25, 0.3) is 0 Å². The number of carbonyl (C=O) groups excluding carboxylic acids is 2. The minimum atomic E-state index is -1.04. The Balaban J connectivity index is 2.48. The number of carboxylic acid groups (broad SMARTS) is 1. The first-order chi connectivity index (χ1) is 8.43. The molecular weight excluding hydrogens is 238 g/mol. The van der Waals surface area contributed by atoms with E-state index in [1.807, 2.05) is 0 Å². The van der Waals surface area contributed by atoms with Gasteiger partial charge in [-0.2, -0.15) is 0 Å². The van der Waals surface area contributed by atoms with Crippen LogP contribution in [0.2, 0.25) is 0 Å². The number of amides is 3. The van der Waals surface area contributed by atoms with Crippen molar-refractivity contribution < 1.29 is 19.5 Å². The minimum absolute atomic E-state index is 0.0679. The number of nitrogens with one attached hydrogen (secondary N) is 1. The number of hydrogen-bond acceptors (Lipinski definition) is 3. The molecule has 0 bridgehead atoms. The van der Waals surface area contributed by atoms with Crippen LogP contribution in [0.1, 0.15) is 19.8 Å². The summed E-state index contributed by atoms with van der Waals surface area (Å²) in [5.74, 6) is -0.971. The molecule has 7 nitrogen and oxygen atoms in total. The van der Waals surface area contributed by atoms with E-state index in [4.69, 9.17) is 5.11 Å². The maximum absolute atomic E-state index is 11.8. The number of aliphatic carboxylic acids is 1. The van der Waals surface area contributed by atoms with Gasteiger partial charge < -0.3 is 20.2 Å². The molecule has 1 aliphatic rings. The summed E-state index contributed by atoms with van der Waals surface area (Å²) in [6, 6.07) is -0.504. The molecule has 1 atom stereocenters. The molecule has 0 saturated carbocycles. The quantitative estimate of drug-likeness (QED) is 0.725. The van der Waals surface area contributed by atoms with E-state index in [2.05, 4.69) is 5.32 Å². The molecule has 3 amide bonds. The van der Waals surface area contributed by atoms with Gasteiger partial charge in [-0.05, 0) is 13.3 Å². The minimum Gasteiger partial charge on any atom is -0.480 e. The van der Waals surface area contributed by atoms with Crippen molar-refractivity contribution in [1.82, 2.24) is 15.1 Å². The standard InChI is InChI=1S/C11H19N3O4/c1-3-14(7-10(16)17)11(18)12-8-4-5-9(15)13(2)6-8/h8H,3-7H2,1-2H3,(H,12,18)(H,16,17). The topological polar surface area (TPSA) is 90.0 Å². The largest absolute Gasteiger partial charge is 0.480 e. The summed E-state index contributed by atoms with van der Waals surface area (Å²) in [5, 5.41) is 11.4. The normalized spacial score (nSPS) is 19.6. The molecule has 2 N–H and O–H groups in total. The summed E-state index contributed by atoms with van der Waals surface area (Å²) in [6.45, 7) is 2.21. The van der Waals surface area contributed by atoms with Crippen LogP contribution < -0.4 is 5.32 Å². The van der Waals surface area contributed by atoms with E-state index in [0.717, 1.165) is 0 Å². The van der Waals surface area contributed by atoms with Gasteiger partial charge >= 0.3 is 12.0 Å². The van der Waals surface area contributed by atoms with E-state index in [-0.39, 0.29) is 18.5 Å². The monoisotopic (exact) mass is 257 g/mol. The number of likely N-dealkylation sites (N-methyl/N-ethyl adjacent to an activating group) is 2. The highest BCUT2D eigenvalue weighted by atomic mass is 16.4. The van der Waals surface area contributed by atoms with Gasteiger partial charge in [-0.15, -0.1) is 0 Å². The number of nitrogens with zero attached hydrogens (tertiary/aromatic N) is 2. The molecule has 0 aromatic heterocycles. The highest BCUT2D eigenvalue weighted by molar-refractivity contribution is 5.81. The van der Waals surface area contributed by atoms with Gasteiger partial charge in [-0.3, -0.25) is 9.59 Å². The number of carbonyl (C=O) groups is 3. The second-order valence-corrected chi connectivity index (χ2v) is 4.37. The van der Waals surface area contributed by atoms with E-state index in [1.165, 1.54) is 4.90 Å². The zero-order valence-corrected chi connectivity index (χ0v) is 10.7. The van der Waals surface area contributed by atoms with E-state index in [1.54, 1.807) is 18.9 Å². The van der Waals surface area contributed by atoms with Gasteiger partial charge in [-0.25, -0.2) is 4.79 Å². The third kappa shape index (κ3) is 3.90. The second-order valence-electron chi connectivity index (χ2n) is 4.37. The lowest BCUT2D eigenvalue weighted by molar-refractivity contribution is -0.137. The van der Waals surface area contributed by atoms with Gasteiger partial charge in [0.2, 0.25) is 5.91 Å². The summed E-state index contributed by atoms with van der Waals surface area (Å²) in [4.78, 5) is 36.5. The van der Waals surface area contributed by atoms with Crippen molar-refractivity contribution in [2.75, 3.05) is 26.7 Å². The predicted octanol–water partition coefficient (Wildman–Crippen LogP) is -0.277. The van der Waals surface area contributed by atoms with Crippen LogP contribution in [0.15, 0.2) is 0 Å². The molecular formula is C11H19N3O4. The first-order valence-corrected chi connectivity index (χ1v) is 5.95. The third-order valence-electron chi connectivity index (χ3n) is 2.95. The Morgan fingerprint density at radius 1 is 1.56 bits per heavy atom. The summed E-state index contributed by atoms with van der Waals surface area (Å²) in [6.07, 6.45) is 1.01. The SMILES string of the molecule is CCN(CC(=O)O)C(=O)NC1CCC(=O)N(C)C1. The molecule has 7 heteroatoms. The van der Waals surface area contributed by atoms with Crippen molar-refractivity contribution in [3.63, 3.8) is 0 Å². The lowest BCUT2D eigenvalue weighted by atomic mass is 10.1. The molecule has 102 valence electrons. The fraction of sp³-hybridized carbons (Fsp3) is 0.727. The van der Waals surface area contributed by atoms with Crippen LogP contribution in [0.3, 0.4) is 0 Å². The second kappa shape index (κ2) is 6.23. The van der Waals surface area contributed by atoms with Crippen molar-refractivity contribution in [2.24, 2.45) is 0 Å². The number of carboxylic acids is 1. The maximum Gasteiger partial charge on any atom is 0.323 e. The van der Waals surface area contributed by atoms with E-state index in [0.29, 0.717) is 25.9 Å². The summed E-state index contributed by atoms with van der Waals surface area (Å²) < 4.78 is 0. The first kappa shape index (κ1) is 14.3. The molecule has 1 rings (SSSR count). The predicted molar refractivity (Wildman–Crippen MR) is 64.1 cm³/mol. The Hall–Kier alpha value is -1.79. The first-order valence-electron chi connectivity index (χ1n) is 5.95. The van der Waals surface area contributed by atoms with Gasteiger partial charge in [0.1, 0.15) is 6.54 Å². The van der Waals surface area contributed by atoms with Gasteiger partial charge in [0.05, 0.1) is 0 Å². The molecule has 1 heterocycles. The molecule has 1 fully saturated rings. The molecule has 1 aliphatic heterocycles. The smallest absolute Gasteiger partial charge is 0.323 e. The third-order valence-corrected chi connectivity index (χ3v) is 2.95. The van der Waals surface area contributed by atoms with Crippen molar-refractivity contribution >= 4 is 17.9 Å². The number of piperidine rings is 1. The molecule has 0 aromatic rings. The van der Waals surface area contributed by atoms with Gasteiger partial charge in [0.15, 0.2) is 0 Å². The molecule has 18 heavy (non-hydrogen) atoms. The highest BCUT2D eigenvalue weighted by Gasteiger charge is 2.25. The molecule has 0 aliphatic carbocycles. The highest BCUT2D eigenvalue weighted by Crippen LogP contribution is 2.09. The fourth-order valence-electron chi connectivity index (χ4n) is 1.89. The lowest BCUT2D eigenvalue weighted by Gasteiger charge is -2.31. The molecule has 0 spiro atoms. The molecule has 1 unspecified atom stereocenters. The zero-order chi connectivity index (χ0) is 13.7. The number of likely N-dealkylation sites (tertiary alicyclic amines) is 1. The Bertz CT molecular complexity index is 345. The van der Waals surface area contributed by atoms with Crippen LogP contribution in [-0.2, 0) is 9.59 Å². The van der Waals surface area contributed by atoms with Crippen LogP contribution >= 0.6 is 0 Å². The van der Waals surface area contributed by atoms with Crippen LogP contribution in [0.4, 0.5) is 4.79 Å². The average Bonchev–Trinajstić information content (AvgIpc) is 2.30. The van der Waals surface area contributed by atoms with Gasteiger partial charge in [0, 0.05) is 32.6 Å². The van der Waals surface area contributed by atoms with E-state index >= 15 is 0 Å². The summed E-state index contributed by atoms with van der Waals surface area (Å²) in [5.41, 5.74) is 0. The summed E-state index contributed by atoms with van der Waals surface area (Å²) in [7, 11) is 1.69. The molecule has 0 radical (unpaired) electrons. The lowest BCUT2D eigenvalue weighted by Crippen LogP contribution is -2.52. The number of rotatable bonds is 4. The van der Waals surface area contributed by atoms with Crippen LogP contribution in [-0.4, -0.2) is 65.5 Å². The van der Waals surface area contributed by atoms with Crippen molar-refractivity contribution in [3.8, 4) is 0 Å². The van der Waals surface area contributed by atoms with Crippen molar-refractivity contribution in [2.45, 2.75) is 25.8 Å². The molecule has 1 saturated heterocycles. The Labute approximate surface area is 106 Å². The van der Waals surface area contributed by atoms with Crippen LogP contribution in [0.25, 0.3) is 0 Å². The Morgan fingerprint density at radius 3 is 2.72 bits per heavy atom. The molecule has 0 aromatic carbocycles. The maximum atomic E-state index is 11.8. The van der Waals surface area contributed by atoms with Crippen LogP contribution in [0, 0.1) is 0 Å². The Morgan fingerprint density at radius 2 is 2.22 bits per heavy atom. The summed E-state index contributed by atoms with van der Waals surface area (Å²) >= 11 is 0. The Kier molecular flexibility index (Phi) is 4.94. The fourth-order valence-corrected chi connectivity index (χ4v) is 1.89. The van der Waals surface area contributed by atoms with E-state index < -0.39 is 12.0 Å². The van der Waals surface area contributed by atoms with Crippen molar-refractivity contribution in [1.29, 1.82) is 0 Å². The average molecular weight is 257 g/mol. The number of urea groups is 1.